The fourth-order valence-corrected chi connectivity index (χ4v) is 4.58. The molecule has 3 atom stereocenters. The average Bonchev–Trinajstić information content (AvgIpc) is 3.36. The topological polar surface area (TPSA) is 83.9 Å². The number of hydrogen-bond acceptors (Lipinski definition) is 6. The van der Waals surface area contributed by atoms with Crippen LogP contribution >= 0.6 is 0 Å². The third-order valence-electron chi connectivity index (χ3n) is 5.89. The van der Waals surface area contributed by atoms with E-state index < -0.39 is 5.82 Å². The van der Waals surface area contributed by atoms with Crippen LogP contribution in [0, 0.1) is 18.7 Å². The number of rotatable bonds is 4. The predicted molar refractivity (Wildman–Crippen MR) is 109 cm³/mol. The molecule has 1 saturated carbocycles. The largest absolute Gasteiger partial charge is 0.364 e. The van der Waals surface area contributed by atoms with Gasteiger partial charge in [-0.15, -0.1) is 0 Å². The Kier molecular flexibility index (Phi) is 4.61. The van der Waals surface area contributed by atoms with Gasteiger partial charge in [0.15, 0.2) is 5.82 Å². The zero-order valence-corrected chi connectivity index (χ0v) is 16.5. The number of benzene rings is 1. The first-order valence-corrected chi connectivity index (χ1v) is 10.0. The Morgan fingerprint density at radius 1 is 1.10 bits per heavy atom. The van der Waals surface area contributed by atoms with Crippen molar-refractivity contribution in [3.05, 3.63) is 66.1 Å². The fourth-order valence-electron chi connectivity index (χ4n) is 4.58. The summed E-state index contributed by atoms with van der Waals surface area (Å²) in [6, 6.07) is 6.32. The van der Waals surface area contributed by atoms with Crippen LogP contribution in [0.5, 0.6) is 0 Å². The lowest BCUT2D eigenvalue weighted by molar-refractivity contribution is 0.0692. The number of amides is 1. The van der Waals surface area contributed by atoms with Crippen LogP contribution in [0.3, 0.4) is 0 Å². The number of anilines is 1. The van der Waals surface area contributed by atoms with E-state index in [9.17, 15) is 9.18 Å². The van der Waals surface area contributed by atoms with Crippen molar-refractivity contribution in [2.75, 3.05) is 11.9 Å². The molecule has 2 aromatic heterocycles. The number of aryl methyl sites for hydroxylation is 1. The second-order valence-corrected chi connectivity index (χ2v) is 7.89. The first kappa shape index (κ1) is 18.6. The van der Waals surface area contributed by atoms with Crippen molar-refractivity contribution in [3.63, 3.8) is 0 Å². The third kappa shape index (κ3) is 3.28. The molecule has 30 heavy (non-hydrogen) atoms. The number of carbonyl (C=O) groups is 1. The highest BCUT2D eigenvalue weighted by Crippen LogP contribution is 2.40. The van der Waals surface area contributed by atoms with Crippen LogP contribution in [0.4, 0.5) is 10.2 Å². The minimum absolute atomic E-state index is 0.0263. The van der Waals surface area contributed by atoms with Gasteiger partial charge in [0.2, 0.25) is 0 Å². The van der Waals surface area contributed by atoms with Gasteiger partial charge < -0.3 is 10.2 Å². The number of halogens is 1. The van der Waals surface area contributed by atoms with Crippen molar-refractivity contribution in [3.8, 4) is 11.4 Å². The molecule has 1 aromatic carbocycles. The van der Waals surface area contributed by atoms with Gasteiger partial charge in [0.1, 0.15) is 11.6 Å². The molecule has 3 heterocycles. The summed E-state index contributed by atoms with van der Waals surface area (Å²) in [6.07, 6.45) is 8.42. The highest BCUT2D eigenvalue weighted by atomic mass is 19.1. The van der Waals surface area contributed by atoms with Gasteiger partial charge in [-0.1, -0.05) is 6.07 Å². The maximum Gasteiger partial charge on any atom is 0.255 e. The Balaban J connectivity index is 1.42. The van der Waals surface area contributed by atoms with Crippen molar-refractivity contribution >= 4 is 11.7 Å². The van der Waals surface area contributed by atoms with Crippen LogP contribution in [0.2, 0.25) is 0 Å². The summed E-state index contributed by atoms with van der Waals surface area (Å²) in [5.74, 6) is 0.648. The predicted octanol–water partition coefficient (Wildman–Crippen LogP) is 3.10. The molecule has 7 nitrogen and oxygen atoms in total. The summed E-state index contributed by atoms with van der Waals surface area (Å²) in [5, 5.41) is 3.43. The van der Waals surface area contributed by atoms with Crippen LogP contribution in [-0.4, -0.2) is 49.4 Å². The summed E-state index contributed by atoms with van der Waals surface area (Å²) in [4.78, 5) is 32.3. The molecule has 1 amide bonds. The molecule has 3 unspecified atom stereocenters. The van der Waals surface area contributed by atoms with E-state index in [0.29, 0.717) is 23.8 Å². The lowest BCUT2D eigenvalue weighted by Gasteiger charge is -2.34. The van der Waals surface area contributed by atoms with Crippen LogP contribution in [0.15, 0.2) is 49.1 Å². The highest BCUT2D eigenvalue weighted by Gasteiger charge is 2.47. The normalized spacial score (nSPS) is 22.3. The molecule has 1 N–H and O–H groups in total. The minimum atomic E-state index is -0.499. The van der Waals surface area contributed by atoms with E-state index in [0.717, 1.165) is 18.5 Å². The van der Waals surface area contributed by atoms with Gasteiger partial charge in [-0.25, -0.2) is 19.3 Å². The third-order valence-corrected chi connectivity index (χ3v) is 5.89. The van der Waals surface area contributed by atoms with Gasteiger partial charge in [0.05, 0.1) is 35.3 Å². The van der Waals surface area contributed by atoms with Gasteiger partial charge in [0, 0.05) is 25.0 Å². The van der Waals surface area contributed by atoms with Crippen molar-refractivity contribution < 1.29 is 9.18 Å². The lowest BCUT2D eigenvalue weighted by atomic mass is 10.0. The summed E-state index contributed by atoms with van der Waals surface area (Å²) in [6.45, 7) is 2.56. The van der Waals surface area contributed by atoms with Gasteiger partial charge in [-0.05, 0) is 43.9 Å². The van der Waals surface area contributed by atoms with Crippen LogP contribution < -0.4 is 5.32 Å². The summed E-state index contributed by atoms with van der Waals surface area (Å²) in [5.41, 5.74) is 1.30. The van der Waals surface area contributed by atoms with E-state index in [1.54, 1.807) is 43.0 Å². The van der Waals surface area contributed by atoms with E-state index >= 15 is 0 Å². The highest BCUT2D eigenvalue weighted by molar-refractivity contribution is 6.00. The number of nitrogens with one attached hydrogen (secondary N) is 1. The van der Waals surface area contributed by atoms with Crippen molar-refractivity contribution in [2.24, 2.45) is 5.92 Å². The average molecular weight is 404 g/mol. The molecular weight excluding hydrogens is 383 g/mol. The zero-order chi connectivity index (χ0) is 20.7. The van der Waals surface area contributed by atoms with Crippen molar-refractivity contribution in [2.45, 2.75) is 31.8 Å². The fraction of sp³-hybridized carbons (Fsp3) is 0.318. The second-order valence-electron chi connectivity index (χ2n) is 7.89. The Labute approximate surface area is 173 Å². The Morgan fingerprint density at radius 3 is 2.67 bits per heavy atom. The maximum absolute atomic E-state index is 14.7. The van der Waals surface area contributed by atoms with E-state index in [2.05, 4.69) is 25.3 Å². The Hall–Kier alpha value is -3.42. The van der Waals surface area contributed by atoms with E-state index in [-0.39, 0.29) is 29.4 Å². The van der Waals surface area contributed by atoms with Gasteiger partial charge in [-0.2, -0.15) is 0 Å². The van der Waals surface area contributed by atoms with Crippen LogP contribution in [0.1, 0.15) is 28.9 Å². The first-order valence-electron chi connectivity index (χ1n) is 10.0. The van der Waals surface area contributed by atoms with Gasteiger partial charge in [0.25, 0.3) is 5.91 Å². The lowest BCUT2D eigenvalue weighted by Crippen LogP contribution is -2.48. The number of aromatic nitrogens is 4. The number of nitrogens with zero attached hydrogens (tertiary/aromatic N) is 5. The number of likely N-dealkylation sites (tertiary alicyclic amines) is 1. The standard InChI is InChI=1S/C22H21FN6O/c1-13-10-27-19(11-26-13)28-17-8-14-9-18(17)29(12-14)22(30)15-4-2-5-16(23)20(15)21-24-6-3-7-25-21/h2-7,10-11,14,17-18H,8-9,12H2,1H3,(H,27,28). The van der Waals surface area contributed by atoms with Crippen LogP contribution in [-0.2, 0) is 0 Å². The molecule has 1 aliphatic heterocycles. The first-order chi connectivity index (χ1) is 14.6. The molecule has 8 heteroatoms. The smallest absolute Gasteiger partial charge is 0.255 e. The summed E-state index contributed by atoms with van der Waals surface area (Å²) >= 11 is 0. The molecule has 152 valence electrons. The molecule has 2 aliphatic rings. The van der Waals surface area contributed by atoms with E-state index in [1.807, 2.05) is 11.8 Å². The molecule has 2 bridgehead atoms. The molecule has 0 spiro atoms. The molecule has 0 radical (unpaired) electrons. The minimum Gasteiger partial charge on any atom is -0.364 e. The van der Waals surface area contributed by atoms with Gasteiger partial charge >= 0.3 is 0 Å². The van der Waals surface area contributed by atoms with E-state index in [4.69, 9.17) is 0 Å². The van der Waals surface area contributed by atoms with Crippen molar-refractivity contribution in [1.82, 2.24) is 24.8 Å². The Bertz CT molecular complexity index is 1070. The summed E-state index contributed by atoms with van der Waals surface area (Å²) < 4.78 is 14.7. The van der Waals surface area contributed by atoms with Crippen molar-refractivity contribution in [1.29, 1.82) is 0 Å². The van der Waals surface area contributed by atoms with Crippen LogP contribution in [0.25, 0.3) is 11.4 Å². The molecule has 5 rings (SSSR count). The Morgan fingerprint density at radius 2 is 1.93 bits per heavy atom. The maximum atomic E-state index is 14.7. The molecule has 1 saturated heterocycles. The molecule has 1 aliphatic carbocycles. The SMILES string of the molecule is Cc1cnc(NC2CC3CC2N(C(=O)c2cccc(F)c2-c2ncccn2)C3)cn1. The molecule has 3 aromatic rings. The quantitative estimate of drug-likeness (QED) is 0.719. The van der Waals surface area contributed by atoms with E-state index in [1.165, 1.54) is 6.07 Å². The number of fused-ring (bicyclic) bond motifs is 2. The zero-order valence-electron chi connectivity index (χ0n) is 16.5. The number of carbonyl (C=O) groups excluding carboxylic acids is 1. The molecule has 2 fully saturated rings. The molecular formula is C22H21FN6O. The monoisotopic (exact) mass is 404 g/mol. The second kappa shape index (κ2) is 7.44. The summed E-state index contributed by atoms with van der Waals surface area (Å²) in [7, 11) is 0. The number of hydrogen-bond donors (Lipinski definition) is 1. The van der Waals surface area contributed by atoms with Gasteiger partial charge in [-0.3, -0.25) is 9.78 Å². The number of piperidine rings is 1.